The van der Waals surface area contributed by atoms with Gasteiger partial charge in [0.25, 0.3) is 0 Å². The molecule has 2 aromatic carbocycles. The molecule has 0 aliphatic heterocycles. The van der Waals surface area contributed by atoms with E-state index in [0.717, 1.165) is 23.9 Å². The molecule has 0 saturated carbocycles. The van der Waals surface area contributed by atoms with Crippen LogP contribution in [0.15, 0.2) is 24.3 Å². The van der Waals surface area contributed by atoms with Crippen molar-refractivity contribution < 1.29 is 8.78 Å². The highest BCUT2D eigenvalue weighted by Gasteiger charge is 2.15. The third kappa shape index (κ3) is 2.14. The van der Waals surface area contributed by atoms with E-state index in [4.69, 9.17) is 17.3 Å². The maximum Gasteiger partial charge on any atom is 0.151 e. The quantitative estimate of drug-likeness (QED) is 0.703. The third-order valence-electron chi connectivity index (χ3n) is 2.69. The van der Waals surface area contributed by atoms with Crippen LogP contribution in [-0.4, -0.2) is 8.75 Å². The molecule has 0 spiro atoms. The fourth-order valence-electron chi connectivity index (χ4n) is 1.78. The Bertz CT molecular complexity index is 782. The molecule has 0 atom stereocenters. The predicted octanol–water partition coefficient (Wildman–Crippen LogP) is 3.95. The number of halogens is 3. The molecule has 8 heteroatoms. The van der Waals surface area contributed by atoms with Crippen LogP contribution >= 0.6 is 23.3 Å². The minimum atomic E-state index is -0.807. The number of anilines is 3. The molecule has 1 heterocycles. The van der Waals surface area contributed by atoms with Gasteiger partial charge in [-0.05, 0) is 24.3 Å². The van der Waals surface area contributed by atoms with Crippen LogP contribution in [0.5, 0.6) is 0 Å². The first kappa shape index (κ1) is 13.0. The van der Waals surface area contributed by atoms with Gasteiger partial charge >= 0.3 is 0 Å². The van der Waals surface area contributed by atoms with Gasteiger partial charge in [-0.15, -0.1) is 0 Å². The van der Waals surface area contributed by atoms with Gasteiger partial charge in [0, 0.05) is 5.69 Å². The zero-order valence-electron chi connectivity index (χ0n) is 9.82. The van der Waals surface area contributed by atoms with Crippen LogP contribution in [0.3, 0.4) is 0 Å². The van der Waals surface area contributed by atoms with Crippen molar-refractivity contribution in [3.05, 3.63) is 40.9 Å². The summed E-state index contributed by atoms with van der Waals surface area (Å²) in [6, 6.07) is 5.32. The molecule has 0 unspecified atom stereocenters. The molecule has 0 saturated heterocycles. The first-order chi connectivity index (χ1) is 9.56. The summed E-state index contributed by atoms with van der Waals surface area (Å²) >= 11 is 7.04. The van der Waals surface area contributed by atoms with Crippen molar-refractivity contribution in [3.8, 4) is 0 Å². The molecule has 102 valence electrons. The van der Waals surface area contributed by atoms with Crippen LogP contribution in [0, 0.1) is 11.6 Å². The van der Waals surface area contributed by atoms with Crippen molar-refractivity contribution in [2.45, 2.75) is 0 Å². The van der Waals surface area contributed by atoms with Gasteiger partial charge in [-0.3, -0.25) is 0 Å². The Balaban J connectivity index is 2.14. The molecule has 3 aromatic rings. The summed E-state index contributed by atoms with van der Waals surface area (Å²) in [4.78, 5) is 0. The standard InChI is InChI=1S/C12H7ClF2N4S/c13-6-1-2-9-12(19-20-18-9)10(6)17-11-7(14)3-5(16)4-8(11)15/h1-4,17H,16H2. The van der Waals surface area contributed by atoms with E-state index in [1.807, 2.05) is 0 Å². The number of aromatic nitrogens is 2. The lowest BCUT2D eigenvalue weighted by Gasteiger charge is -2.11. The van der Waals surface area contributed by atoms with Gasteiger partial charge in [0.1, 0.15) is 16.7 Å². The number of fused-ring (bicyclic) bond motifs is 1. The maximum absolute atomic E-state index is 13.8. The van der Waals surface area contributed by atoms with Gasteiger partial charge in [-0.25, -0.2) is 8.78 Å². The number of rotatable bonds is 2. The minimum Gasteiger partial charge on any atom is -0.399 e. The molecule has 3 N–H and O–H groups in total. The number of hydrogen-bond donors (Lipinski definition) is 2. The molecule has 0 radical (unpaired) electrons. The van der Waals surface area contributed by atoms with E-state index in [1.165, 1.54) is 0 Å². The Kier molecular flexibility index (Phi) is 3.15. The second-order valence-corrected chi connectivity index (χ2v) is 4.97. The number of nitrogens with zero attached hydrogens (tertiary/aromatic N) is 2. The van der Waals surface area contributed by atoms with E-state index in [1.54, 1.807) is 12.1 Å². The van der Waals surface area contributed by atoms with E-state index in [2.05, 4.69) is 14.1 Å². The largest absolute Gasteiger partial charge is 0.399 e. The summed E-state index contributed by atoms with van der Waals surface area (Å²) in [5.41, 5.74) is 6.40. The van der Waals surface area contributed by atoms with Crippen LogP contribution < -0.4 is 11.1 Å². The molecule has 0 aliphatic carbocycles. The average Bonchev–Trinajstić information content (AvgIpc) is 2.84. The van der Waals surface area contributed by atoms with E-state index >= 15 is 0 Å². The van der Waals surface area contributed by atoms with Crippen LogP contribution in [0.1, 0.15) is 0 Å². The van der Waals surface area contributed by atoms with Crippen molar-refractivity contribution in [1.82, 2.24) is 8.75 Å². The van der Waals surface area contributed by atoms with Crippen molar-refractivity contribution in [3.63, 3.8) is 0 Å². The van der Waals surface area contributed by atoms with Crippen LogP contribution in [0.25, 0.3) is 11.0 Å². The number of nitrogens with two attached hydrogens (primary N) is 1. The summed E-state index contributed by atoms with van der Waals surface area (Å²) in [5.74, 6) is -1.61. The Morgan fingerprint density at radius 3 is 2.50 bits per heavy atom. The smallest absolute Gasteiger partial charge is 0.151 e. The number of hydrogen-bond acceptors (Lipinski definition) is 5. The van der Waals surface area contributed by atoms with E-state index < -0.39 is 11.6 Å². The molecule has 1 aromatic heterocycles. The highest BCUT2D eigenvalue weighted by molar-refractivity contribution is 7.00. The van der Waals surface area contributed by atoms with Gasteiger partial charge in [0.15, 0.2) is 11.6 Å². The minimum absolute atomic E-state index is 0.00480. The number of benzene rings is 2. The summed E-state index contributed by atoms with van der Waals surface area (Å²) in [7, 11) is 0. The van der Waals surface area contributed by atoms with Gasteiger partial charge in [-0.1, -0.05) is 11.6 Å². The third-order valence-corrected chi connectivity index (χ3v) is 3.55. The second-order valence-electron chi connectivity index (χ2n) is 4.04. The van der Waals surface area contributed by atoms with E-state index in [-0.39, 0.29) is 11.4 Å². The Morgan fingerprint density at radius 2 is 1.80 bits per heavy atom. The zero-order valence-corrected chi connectivity index (χ0v) is 11.4. The lowest BCUT2D eigenvalue weighted by molar-refractivity contribution is 0.592. The highest BCUT2D eigenvalue weighted by Crippen LogP contribution is 2.34. The highest BCUT2D eigenvalue weighted by atomic mass is 35.5. The van der Waals surface area contributed by atoms with Gasteiger partial charge in [-0.2, -0.15) is 8.75 Å². The SMILES string of the molecule is Nc1cc(F)c(Nc2c(Cl)ccc3nsnc23)c(F)c1. The fraction of sp³-hybridized carbons (Fsp3) is 0. The monoisotopic (exact) mass is 312 g/mol. The molecule has 3 rings (SSSR count). The second kappa shape index (κ2) is 4.84. The van der Waals surface area contributed by atoms with Gasteiger partial charge in [0.2, 0.25) is 0 Å². The van der Waals surface area contributed by atoms with Crippen molar-refractivity contribution in [1.29, 1.82) is 0 Å². The molecular weight excluding hydrogens is 306 g/mol. The Labute approximate surface area is 121 Å². The lowest BCUT2D eigenvalue weighted by Crippen LogP contribution is -2.00. The van der Waals surface area contributed by atoms with E-state index in [9.17, 15) is 8.78 Å². The van der Waals surface area contributed by atoms with Crippen molar-refractivity contribution >= 4 is 51.4 Å². The number of nitrogen functional groups attached to an aromatic ring is 1. The molecule has 0 amide bonds. The zero-order chi connectivity index (χ0) is 14.3. The summed E-state index contributed by atoms with van der Waals surface area (Å²) in [6.07, 6.45) is 0. The normalized spacial score (nSPS) is 10.9. The van der Waals surface area contributed by atoms with Crippen LogP contribution in [0.4, 0.5) is 25.8 Å². The summed E-state index contributed by atoms with van der Waals surface area (Å²) in [6.45, 7) is 0. The van der Waals surface area contributed by atoms with Gasteiger partial charge in [0.05, 0.1) is 22.4 Å². The van der Waals surface area contributed by atoms with Crippen molar-refractivity contribution in [2.75, 3.05) is 11.1 Å². The Hall–Kier alpha value is -1.99. The molecule has 0 bridgehead atoms. The first-order valence-corrected chi connectivity index (χ1v) is 6.59. The van der Waals surface area contributed by atoms with Crippen molar-refractivity contribution in [2.24, 2.45) is 0 Å². The predicted molar refractivity (Wildman–Crippen MR) is 76.5 cm³/mol. The first-order valence-electron chi connectivity index (χ1n) is 5.48. The molecule has 4 nitrogen and oxygen atoms in total. The summed E-state index contributed by atoms with van der Waals surface area (Å²) < 4.78 is 35.7. The summed E-state index contributed by atoms with van der Waals surface area (Å²) in [5, 5.41) is 2.92. The van der Waals surface area contributed by atoms with Crippen LogP contribution in [-0.2, 0) is 0 Å². The van der Waals surface area contributed by atoms with E-state index in [0.29, 0.717) is 21.7 Å². The Morgan fingerprint density at radius 1 is 1.10 bits per heavy atom. The molecular formula is C12H7ClF2N4S. The lowest BCUT2D eigenvalue weighted by atomic mass is 10.2. The number of nitrogens with one attached hydrogen (secondary N) is 1. The molecule has 20 heavy (non-hydrogen) atoms. The topological polar surface area (TPSA) is 63.8 Å². The fourth-order valence-corrected chi connectivity index (χ4v) is 2.53. The maximum atomic E-state index is 13.8. The average molecular weight is 313 g/mol. The molecule has 0 fully saturated rings. The molecule has 0 aliphatic rings. The van der Waals surface area contributed by atoms with Gasteiger partial charge < -0.3 is 11.1 Å². The van der Waals surface area contributed by atoms with Crippen LogP contribution in [0.2, 0.25) is 5.02 Å².